The molecule has 20 heavy (non-hydrogen) atoms. The number of anilines is 1. The Morgan fingerprint density at radius 2 is 1.90 bits per heavy atom. The molecule has 0 aromatic heterocycles. The Morgan fingerprint density at radius 1 is 1.20 bits per heavy atom. The van der Waals surface area contributed by atoms with E-state index in [1.165, 1.54) is 0 Å². The van der Waals surface area contributed by atoms with Gasteiger partial charge in [-0.2, -0.15) is 0 Å². The van der Waals surface area contributed by atoms with Crippen molar-refractivity contribution in [3.05, 3.63) is 63.6 Å². The molecule has 4 heteroatoms. The second-order valence-electron chi connectivity index (χ2n) is 4.61. The molecule has 0 saturated heterocycles. The molecule has 104 valence electrons. The molecule has 0 heterocycles. The lowest BCUT2D eigenvalue weighted by Gasteiger charge is -2.07. The summed E-state index contributed by atoms with van der Waals surface area (Å²) in [6.45, 7) is 1.96. The van der Waals surface area contributed by atoms with Crippen LogP contribution in [0.5, 0.6) is 0 Å². The van der Waals surface area contributed by atoms with Gasteiger partial charge >= 0.3 is 0 Å². The molecule has 0 aliphatic rings. The predicted octanol–water partition coefficient (Wildman–Crippen LogP) is 4.79. The van der Waals surface area contributed by atoms with Gasteiger partial charge in [-0.15, -0.1) is 11.6 Å². The van der Waals surface area contributed by atoms with Crippen molar-refractivity contribution in [3.63, 3.8) is 0 Å². The Kier molecular flexibility index (Phi) is 5.21. The summed E-state index contributed by atoms with van der Waals surface area (Å²) in [5.74, 6) is 0.489. The fraction of sp³-hybridized carbons (Fsp3) is 0.188. The summed E-state index contributed by atoms with van der Waals surface area (Å²) in [6.07, 6.45) is 0.834. The third-order valence-electron chi connectivity index (χ3n) is 2.90. The largest absolute Gasteiger partial charge is 0.322 e. The number of carbonyl (C=O) groups is 1. The molecule has 0 atom stereocenters. The number of hydrogen-bond donors (Lipinski definition) is 1. The number of rotatable bonds is 4. The van der Waals surface area contributed by atoms with Gasteiger partial charge in [-0.3, -0.25) is 4.79 Å². The number of hydrogen-bond acceptors (Lipinski definition) is 1. The topological polar surface area (TPSA) is 29.1 Å². The van der Waals surface area contributed by atoms with E-state index in [2.05, 4.69) is 21.2 Å². The fourth-order valence-electron chi connectivity index (χ4n) is 1.93. The van der Waals surface area contributed by atoms with E-state index in [1.54, 1.807) is 0 Å². The van der Waals surface area contributed by atoms with E-state index in [4.69, 9.17) is 11.6 Å². The van der Waals surface area contributed by atoms with Crippen LogP contribution in [0.4, 0.5) is 5.69 Å². The number of nitrogens with one attached hydrogen (secondary N) is 1. The van der Waals surface area contributed by atoms with Crippen LogP contribution in [-0.2, 0) is 6.42 Å². The van der Waals surface area contributed by atoms with Gasteiger partial charge in [-0.05, 0) is 54.8 Å². The van der Waals surface area contributed by atoms with Crippen LogP contribution in [-0.4, -0.2) is 11.8 Å². The van der Waals surface area contributed by atoms with Gasteiger partial charge < -0.3 is 5.32 Å². The van der Waals surface area contributed by atoms with Crippen LogP contribution in [0.15, 0.2) is 46.9 Å². The summed E-state index contributed by atoms with van der Waals surface area (Å²) in [5, 5.41) is 2.89. The Hall–Kier alpha value is -1.32. The van der Waals surface area contributed by atoms with E-state index in [9.17, 15) is 4.79 Å². The number of alkyl halides is 1. The summed E-state index contributed by atoms with van der Waals surface area (Å²) in [7, 11) is 0. The van der Waals surface area contributed by atoms with Crippen LogP contribution in [0.25, 0.3) is 0 Å². The van der Waals surface area contributed by atoms with Gasteiger partial charge in [-0.1, -0.05) is 28.1 Å². The highest BCUT2D eigenvalue weighted by Crippen LogP contribution is 2.17. The van der Waals surface area contributed by atoms with Gasteiger partial charge in [0.2, 0.25) is 0 Å². The molecule has 0 saturated carbocycles. The van der Waals surface area contributed by atoms with E-state index in [0.717, 1.165) is 27.7 Å². The van der Waals surface area contributed by atoms with E-state index in [1.807, 2.05) is 49.4 Å². The van der Waals surface area contributed by atoms with Crippen molar-refractivity contribution in [1.82, 2.24) is 0 Å². The lowest BCUT2D eigenvalue weighted by Crippen LogP contribution is -2.12. The first-order chi connectivity index (χ1) is 9.58. The monoisotopic (exact) mass is 351 g/mol. The second kappa shape index (κ2) is 6.91. The van der Waals surface area contributed by atoms with E-state index in [0.29, 0.717) is 11.4 Å². The van der Waals surface area contributed by atoms with Gasteiger partial charge in [0.1, 0.15) is 0 Å². The van der Waals surface area contributed by atoms with E-state index in [-0.39, 0.29) is 5.91 Å². The number of carbonyl (C=O) groups excluding carboxylic acids is 1. The SMILES string of the molecule is Cc1cc(Br)cc(C(=O)Nc2ccc(CCCl)cc2)c1. The second-order valence-corrected chi connectivity index (χ2v) is 5.90. The zero-order chi connectivity index (χ0) is 14.5. The number of benzene rings is 2. The van der Waals surface area contributed by atoms with Gasteiger partial charge in [0.15, 0.2) is 0 Å². The van der Waals surface area contributed by atoms with Crippen molar-refractivity contribution in [2.75, 3.05) is 11.2 Å². The molecule has 0 bridgehead atoms. The predicted molar refractivity (Wildman–Crippen MR) is 87.7 cm³/mol. The fourth-order valence-corrected chi connectivity index (χ4v) is 2.76. The molecular formula is C16H15BrClNO. The Labute approximate surface area is 132 Å². The van der Waals surface area contributed by atoms with Crippen LogP contribution in [0, 0.1) is 6.92 Å². The van der Waals surface area contributed by atoms with Crippen LogP contribution < -0.4 is 5.32 Å². The van der Waals surface area contributed by atoms with E-state index < -0.39 is 0 Å². The van der Waals surface area contributed by atoms with Crippen LogP contribution >= 0.6 is 27.5 Å². The van der Waals surface area contributed by atoms with Crippen molar-refractivity contribution >= 4 is 39.1 Å². The molecule has 0 aliphatic carbocycles. The molecule has 0 spiro atoms. The first-order valence-corrected chi connectivity index (χ1v) is 7.64. The molecule has 1 N–H and O–H groups in total. The van der Waals surface area contributed by atoms with Crippen molar-refractivity contribution < 1.29 is 4.79 Å². The molecule has 0 radical (unpaired) electrons. The van der Waals surface area contributed by atoms with Crippen LogP contribution in [0.3, 0.4) is 0 Å². The molecule has 0 aliphatic heterocycles. The molecule has 0 unspecified atom stereocenters. The maximum atomic E-state index is 12.2. The first-order valence-electron chi connectivity index (χ1n) is 6.32. The zero-order valence-corrected chi connectivity index (χ0v) is 13.5. The van der Waals surface area contributed by atoms with Gasteiger partial charge in [-0.25, -0.2) is 0 Å². The lowest BCUT2D eigenvalue weighted by molar-refractivity contribution is 0.102. The van der Waals surface area contributed by atoms with Crippen molar-refractivity contribution in [2.24, 2.45) is 0 Å². The molecular weight excluding hydrogens is 338 g/mol. The van der Waals surface area contributed by atoms with Gasteiger partial charge in [0.25, 0.3) is 5.91 Å². The summed E-state index contributed by atoms with van der Waals surface area (Å²) in [4.78, 5) is 12.2. The summed E-state index contributed by atoms with van der Waals surface area (Å²) >= 11 is 9.10. The average molecular weight is 353 g/mol. The molecule has 2 rings (SSSR count). The van der Waals surface area contributed by atoms with Crippen molar-refractivity contribution in [3.8, 4) is 0 Å². The van der Waals surface area contributed by atoms with Crippen molar-refractivity contribution in [2.45, 2.75) is 13.3 Å². The number of amides is 1. The van der Waals surface area contributed by atoms with Crippen LogP contribution in [0.1, 0.15) is 21.5 Å². The maximum Gasteiger partial charge on any atom is 0.255 e. The van der Waals surface area contributed by atoms with E-state index >= 15 is 0 Å². The van der Waals surface area contributed by atoms with Gasteiger partial charge in [0, 0.05) is 21.6 Å². The third-order valence-corrected chi connectivity index (χ3v) is 3.55. The standard InChI is InChI=1S/C16H15BrClNO/c1-11-8-13(10-14(17)9-11)16(20)19-15-4-2-12(3-5-15)6-7-18/h2-5,8-10H,6-7H2,1H3,(H,19,20). The minimum Gasteiger partial charge on any atom is -0.322 e. The highest BCUT2D eigenvalue weighted by atomic mass is 79.9. The summed E-state index contributed by atoms with van der Waals surface area (Å²) in [6, 6.07) is 13.4. The summed E-state index contributed by atoms with van der Waals surface area (Å²) in [5.41, 5.74) is 3.63. The molecule has 0 fully saturated rings. The molecule has 2 aromatic rings. The molecule has 1 amide bonds. The first kappa shape index (κ1) is 15.1. The minimum absolute atomic E-state index is 0.112. The molecule has 2 nitrogen and oxygen atoms in total. The quantitative estimate of drug-likeness (QED) is 0.787. The number of halogens is 2. The highest BCUT2D eigenvalue weighted by molar-refractivity contribution is 9.10. The Morgan fingerprint density at radius 3 is 2.50 bits per heavy atom. The Bertz CT molecular complexity index is 590. The minimum atomic E-state index is -0.112. The smallest absolute Gasteiger partial charge is 0.255 e. The zero-order valence-electron chi connectivity index (χ0n) is 11.1. The number of aryl methyl sites for hydroxylation is 2. The molecule has 2 aromatic carbocycles. The highest BCUT2D eigenvalue weighted by Gasteiger charge is 2.07. The normalized spacial score (nSPS) is 10.3. The lowest BCUT2D eigenvalue weighted by atomic mass is 10.1. The average Bonchev–Trinajstić information content (AvgIpc) is 2.40. The maximum absolute atomic E-state index is 12.2. The van der Waals surface area contributed by atoms with Gasteiger partial charge in [0.05, 0.1) is 0 Å². The third kappa shape index (κ3) is 4.09. The Balaban J connectivity index is 2.10. The van der Waals surface area contributed by atoms with Crippen LogP contribution in [0.2, 0.25) is 0 Å². The summed E-state index contributed by atoms with van der Waals surface area (Å²) < 4.78 is 0.903. The van der Waals surface area contributed by atoms with Crippen molar-refractivity contribution in [1.29, 1.82) is 0 Å².